The summed E-state index contributed by atoms with van der Waals surface area (Å²) in [5.74, 6) is 7.46. The van der Waals surface area contributed by atoms with Gasteiger partial charge in [0.05, 0.1) is 26.1 Å². The molecule has 0 aliphatic rings. The van der Waals surface area contributed by atoms with Crippen LogP contribution in [0.4, 0.5) is 0 Å². The third kappa shape index (κ3) is 6.56. The van der Waals surface area contributed by atoms with Crippen molar-refractivity contribution in [2.45, 2.75) is 19.1 Å². The molecule has 0 radical (unpaired) electrons. The Morgan fingerprint density at radius 2 is 2.24 bits per heavy atom. The molecule has 21 heavy (non-hydrogen) atoms. The minimum atomic E-state index is -0.210. The molecule has 0 atom stereocenters. The molecule has 0 aliphatic heterocycles. The van der Waals surface area contributed by atoms with Crippen molar-refractivity contribution in [1.82, 2.24) is 0 Å². The number of aliphatic hydroxyl groups is 1. The highest BCUT2D eigenvalue weighted by Crippen LogP contribution is 2.22. The number of carbonyl (C=O) groups is 1. The van der Waals surface area contributed by atoms with E-state index in [1.807, 2.05) is 18.2 Å². The zero-order chi connectivity index (χ0) is 15.5. The number of rotatable bonds is 7. The summed E-state index contributed by atoms with van der Waals surface area (Å²) in [6, 6.07) is 5.66. The second-order valence-electron chi connectivity index (χ2n) is 4.10. The Morgan fingerprint density at radius 3 is 2.90 bits per heavy atom. The summed E-state index contributed by atoms with van der Waals surface area (Å²) in [7, 11) is 1.61. The van der Waals surface area contributed by atoms with E-state index in [2.05, 4.69) is 11.8 Å². The van der Waals surface area contributed by atoms with Gasteiger partial charge in [0.15, 0.2) is 0 Å². The van der Waals surface area contributed by atoms with Crippen molar-refractivity contribution >= 4 is 17.7 Å². The molecule has 0 saturated heterocycles. The van der Waals surface area contributed by atoms with Crippen LogP contribution in [0.3, 0.4) is 0 Å². The highest BCUT2D eigenvalue weighted by atomic mass is 32.2. The smallest absolute Gasteiger partial charge is 0.315 e. The molecule has 5 heteroatoms. The molecule has 0 unspecified atom stereocenters. The minimum Gasteiger partial charge on any atom is -0.497 e. The molecular formula is C16H20O4S. The molecule has 0 aliphatic carbocycles. The number of thioether (sulfide) groups is 1. The minimum absolute atomic E-state index is 0.0517. The van der Waals surface area contributed by atoms with E-state index in [9.17, 15) is 4.79 Å². The monoisotopic (exact) mass is 308 g/mol. The lowest BCUT2D eigenvalue weighted by atomic mass is 10.1. The van der Waals surface area contributed by atoms with E-state index in [4.69, 9.17) is 14.6 Å². The maximum absolute atomic E-state index is 11.3. The number of ether oxygens (including phenoxy) is 2. The van der Waals surface area contributed by atoms with E-state index in [0.717, 1.165) is 16.9 Å². The van der Waals surface area contributed by atoms with Gasteiger partial charge in [0, 0.05) is 17.7 Å². The summed E-state index contributed by atoms with van der Waals surface area (Å²) in [4.78, 5) is 11.3. The van der Waals surface area contributed by atoms with Gasteiger partial charge >= 0.3 is 5.97 Å². The first-order valence-electron chi connectivity index (χ1n) is 6.71. The van der Waals surface area contributed by atoms with E-state index >= 15 is 0 Å². The molecule has 0 bridgehead atoms. The molecule has 0 heterocycles. The molecule has 0 amide bonds. The number of benzene rings is 1. The molecule has 0 saturated carbocycles. The van der Waals surface area contributed by atoms with Crippen LogP contribution in [0, 0.1) is 11.8 Å². The van der Waals surface area contributed by atoms with Gasteiger partial charge in [-0.3, -0.25) is 4.79 Å². The van der Waals surface area contributed by atoms with Crippen LogP contribution in [-0.4, -0.2) is 37.2 Å². The van der Waals surface area contributed by atoms with Gasteiger partial charge in [0.25, 0.3) is 0 Å². The molecule has 0 fully saturated rings. The number of hydrogen-bond donors (Lipinski definition) is 1. The first kappa shape index (κ1) is 17.4. The third-order valence-corrected chi connectivity index (χ3v) is 3.51. The second-order valence-corrected chi connectivity index (χ2v) is 5.08. The highest BCUT2D eigenvalue weighted by molar-refractivity contribution is 7.99. The predicted octanol–water partition coefficient (Wildman–Crippen LogP) is 2.23. The standard InChI is InChI=1S/C16H20O4S/c1-3-20-16(18)12-21-11-14-10-15(19-2)8-7-13(14)6-4-5-9-17/h7-8,10,17H,3,5,9,11-12H2,1-2H3. The molecular weight excluding hydrogens is 288 g/mol. The van der Waals surface area contributed by atoms with Crippen molar-refractivity contribution in [2.75, 3.05) is 26.1 Å². The second kappa shape index (κ2) is 10.1. The number of hydrogen-bond acceptors (Lipinski definition) is 5. The quantitative estimate of drug-likeness (QED) is 0.618. The van der Waals surface area contributed by atoms with Gasteiger partial charge in [-0.05, 0) is 30.7 Å². The fraction of sp³-hybridized carbons (Fsp3) is 0.438. The molecule has 1 N–H and O–H groups in total. The lowest BCUT2D eigenvalue weighted by molar-refractivity contribution is -0.139. The summed E-state index contributed by atoms with van der Waals surface area (Å²) in [5.41, 5.74) is 1.90. The first-order chi connectivity index (χ1) is 10.2. The maximum Gasteiger partial charge on any atom is 0.315 e. The fourth-order valence-electron chi connectivity index (χ4n) is 1.60. The van der Waals surface area contributed by atoms with Gasteiger partial charge in [-0.2, -0.15) is 0 Å². The topological polar surface area (TPSA) is 55.8 Å². The van der Waals surface area contributed by atoms with E-state index in [1.54, 1.807) is 14.0 Å². The van der Waals surface area contributed by atoms with E-state index < -0.39 is 0 Å². The zero-order valence-corrected chi connectivity index (χ0v) is 13.2. The van der Waals surface area contributed by atoms with Crippen LogP contribution >= 0.6 is 11.8 Å². The average Bonchev–Trinajstić information content (AvgIpc) is 2.49. The van der Waals surface area contributed by atoms with Gasteiger partial charge in [-0.25, -0.2) is 0 Å². The summed E-state index contributed by atoms with van der Waals surface area (Å²) in [6.07, 6.45) is 0.446. The lowest BCUT2D eigenvalue weighted by Gasteiger charge is -2.07. The number of aliphatic hydroxyl groups excluding tert-OH is 1. The zero-order valence-electron chi connectivity index (χ0n) is 12.3. The lowest BCUT2D eigenvalue weighted by Crippen LogP contribution is -2.06. The predicted molar refractivity (Wildman–Crippen MR) is 84.4 cm³/mol. The van der Waals surface area contributed by atoms with Crippen LogP contribution in [0.15, 0.2) is 18.2 Å². The van der Waals surface area contributed by atoms with Crippen molar-refractivity contribution in [2.24, 2.45) is 0 Å². The summed E-state index contributed by atoms with van der Waals surface area (Å²) >= 11 is 1.48. The van der Waals surface area contributed by atoms with Crippen LogP contribution in [0.2, 0.25) is 0 Å². The van der Waals surface area contributed by atoms with Gasteiger partial charge in [0.1, 0.15) is 5.75 Å². The van der Waals surface area contributed by atoms with Gasteiger partial charge in [-0.1, -0.05) is 11.8 Å². The van der Waals surface area contributed by atoms with Gasteiger partial charge in [0.2, 0.25) is 0 Å². The molecule has 4 nitrogen and oxygen atoms in total. The van der Waals surface area contributed by atoms with Crippen LogP contribution in [0.25, 0.3) is 0 Å². The Balaban J connectivity index is 2.73. The van der Waals surface area contributed by atoms with Crippen molar-refractivity contribution in [3.8, 4) is 17.6 Å². The molecule has 0 aromatic heterocycles. The average molecular weight is 308 g/mol. The Hall–Kier alpha value is -1.64. The summed E-state index contributed by atoms with van der Waals surface area (Å²) in [6.45, 7) is 2.24. The number of methoxy groups -OCH3 is 1. The van der Waals surface area contributed by atoms with Crippen molar-refractivity contribution in [3.05, 3.63) is 29.3 Å². The Labute approximate surface area is 129 Å². The highest BCUT2D eigenvalue weighted by Gasteiger charge is 2.06. The third-order valence-electron chi connectivity index (χ3n) is 2.56. The van der Waals surface area contributed by atoms with Crippen LogP contribution in [0.5, 0.6) is 5.75 Å². The Bertz CT molecular complexity index is 517. The van der Waals surface area contributed by atoms with Crippen LogP contribution in [-0.2, 0) is 15.3 Å². The molecule has 1 rings (SSSR count). The molecule has 114 valence electrons. The normalized spacial score (nSPS) is 9.67. The Kier molecular flexibility index (Phi) is 8.41. The van der Waals surface area contributed by atoms with Gasteiger partial charge < -0.3 is 14.6 Å². The molecule has 0 spiro atoms. The van der Waals surface area contributed by atoms with Crippen molar-refractivity contribution < 1.29 is 19.4 Å². The van der Waals surface area contributed by atoms with E-state index in [0.29, 0.717) is 24.5 Å². The summed E-state index contributed by atoms with van der Waals surface area (Å²) < 4.78 is 10.1. The number of esters is 1. The van der Waals surface area contributed by atoms with Gasteiger partial charge in [-0.15, -0.1) is 11.8 Å². The largest absolute Gasteiger partial charge is 0.497 e. The van der Waals surface area contributed by atoms with Crippen molar-refractivity contribution in [3.63, 3.8) is 0 Å². The SMILES string of the molecule is CCOC(=O)CSCc1cc(OC)ccc1C#CCCO. The van der Waals surface area contributed by atoms with Crippen LogP contribution < -0.4 is 4.74 Å². The molecule has 1 aromatic carbocycles. The first-order valence-corrected chi connectivity index (χ1v) is 7.86. The number of carbonyl (C=O) groups excluding carboxylic acids is 1. The van der Waals surface area contributed by atoms with E-state index in [1.165, 1.54) is 11.8 Å². The summed E-state index contributed by atoms with van der Waals surface area (Å²) in [5, 5.41) is 8.77. The van der Waals surface area contributed by atoms with Crippen LogP contribution in [0.1, 0.15) is 24.5 Å². The molecule has 1 aromatic rings. The maximum atomic E-state index is 11.3. The fourth-order valence-corrected chi connectivity index (χ4v) is 2.41. The van der Waals surface area contributed by atoms with Crippen molar-refractivity contribution in [1.29, 1.82) is 0 Å². The Morgan fingerprint density at radius 1 is 1.43 bits per heavy atom. The van der Waals surface area contributed by atoms with E-state index in [-0.39, 0.29) is 12.6 Å².